The molecule has 0 aromatic carbocycles. The van der Waals surface area contributed by atoms with Crippen LogP contribution in [0.5, 0.6) is 0 Å². The fraction of sp³-hybridized carbons (Fsp3) is 0.778. The smallest absolute Gasteiger partial charge is 0.411 e. The lowest BCUT2D eigenvalue weighted by atomic mass is 10.1. The van der Waals surface area contributed by atoms with Crippen LogP contribution in [0.15, 0.2) is 0 Å². The molecule has 2 heterocycles. The van der Waals surface area contributed by atoms with Crippen molar-refractivity contribution in [2.24, 2.45) is 0 Å². The zero-order valence-electron chi connectivity index (χ0n) is 9.03. The van der Waals surface area contributed by atoms with Gasteiger partial charge in [0.15, 0.2) is 0 Å². The van der Waals surface area contributed by atoms with E-state index in [1.54, 1.807) is 0 Å². The van der Waals surface area contributed by atoms with Crippen molar-refractivity contribution in [3.63, 3.8) is 0 Å². The summed E-state index contributed by atoms with van der Waals surface area (Å²) in [6.07, 6.45) is -1.10. The Kier molecular flexibility index (Phi) is 2.98. The van der Waals surface area contributed by atoms with Gasteiger partial charge in [-0.1, -0.05) is 0 Å². The molecule has 0 bridgehead atoms. The van der Waals surface area contributed by atoms with E-state index in [2.05, 4.69) is 4.74 Å². The maximum atomic E-state index is 11.4. The molecule has 2 aliphatic heterocycles. The van der Waals surface area contributed by atoms with Crippen LogP contribution in [-0.2, 0) is 19.4 Å². The number of carboxylic acids is 1. The van der Waals surface area contributed by atoms with Gasteiger partial charge in [0.05, 0.1) is 18.1 Å². The van der Waals surface area contributed by atoms with Crippen molar-refractivity contribution in [3.8, 4) is 0 Å². The fourth-order valence-electron chi connectivity index (χ4n) is 2.10. The minimum Gasteiger partial charge on any atom is -0.478 e. The van der Waals surface area contributed by atoms with Crippen LogP contribution >= 0.6 is 0 Å². The number of carboxylic acid groups (broad SMARTS) is 1. The predicted octanol–water partition coefficient (Wildman–Crippen LogP) is -0.531. The van der Waals surface area contributed by atoms with E-state index in [1.165, 1.54) is 4.90 Å². The lowest BCUT2D eigenvalue weighted by Gasteiger charge is -2.28. The molecule has 1 N–H and O–H groups in total. The lowest BCUT2D eigenvalue weighted by Crippen LogP contribution is -2.42. The Morgan fingerprint density at radius 1 is 1.35 bits per heavy atom. The largest absolute Gasteiger partial charge is 0.478 e. The quantitative estimate of drug-likeness (QED) is 0.718. The molecule has 1 atom stereocenters. The average Bonchev–Trinajstić information content (AvgIpc) is 2.61. The van der Waals surface area contributed by atoms with Crippen LogP contribution in [0.4, 0.5) is 4.79 Å². The Bertz CT molecular complexity index is 430. The normalized spacial score (nSPS) is 29.1. The summed E-state index contributed by atoms with van der Waals surface area (Å²) in [7, 11) is -2.99. The molecule has 0 aromatic heterocycles. The number of hydrogen-bond acceptors (Lipinski definition) is 5. The van der Waals surface area contributed by atoms with Gasteiger partial charge in [0.25, 0.3) is 0 Å². The molecule has 2 saturated heterocycles. The van der Waals surface area contributed by atoms with Crippen molar-refractivity contribution in [2.75, 3.05) is 18.1 Å². The van der Waals surface area contributed by atoms with Gasteiger partial charge >= 0.3 is 12.1 Å². The highest BCUT2D eigenvalue weighted by molar-refractivity contribution is 7.91. The maximum absolute atomic E-state index is 11.4. The summed E-state index contributed by atoms with van der Waals surface area (Å²) in [5, 5.41) is 8.73. The molecule has 2 fully saturated rings. The first kappa shape index (κ1) is 12.2. The molecule has 0 unspecified atom stereocenters. The molecule has 0 saturated carbocycles. The van der Waals surface area contributed by atoms with E-state index in [0.717, 1.165) is 0 Å². The summed E-state index contributed by atoms with van der Waals surface area (Å²) in [6, 6.07) is -0.227. The van der Waals surface area contributed by atoms with E-state index in [9.17, 15) is 18.0 Å². The van der Waals surface area contributed by atoms with Gasteiger partial charge in [-0.25, -0.2) is 18.0 Å². The number of sulfone groups is 1. The molecular formula is C9H13NO6S. The van der Waals surface area contributed by atoms with E-state index in [0.29, 0.717) is 12.8 Å². The third kappa shape index (κ3) is 2.51. The molecule has 17 heavy (non-hydrogen) atoms. The van der Waals surface area contributed by atoms with Gasteiger partial charge in [-0.3, -0.25) is 0 Å². The van der Waals surface area contributed by atoms with Gasteiger partial charge in [0.1, 0.15) is 9.84 Å². The molecule has 2 aliphatic rings. The Labute approximate surface area is 98.3 Å². The number of rotatable bonds is 2. The second kappa shape index (κ2) is 4.17. The number of aliphatic carboxylic acids is 1. The second-order valence-electron chi connectivity index (χ2n) is 4.25. The Hall–Kier alpha value is -1.31. The molecule has 0 aromatic rings. The van der Waals surface area contributed by atoms with Gasteiger partial charge in [0.2, 0.25) is 6.10 Å². The highest BCUT2D eigenvalue weighted by Crippen LogP contribution is 2.23. The van der Waals surface area contributed by atoms with Crippen LogP contribution in [0.3, 0.4) is 0 Å². The van der Waals surface area contributed by atoms with Crippen LogP contribution in [0.2, 0.25) is 0 Å². The van der Waals surface area contributed by atoms with Crippen molar-refractivity contribution in [1.29, 1.82) is 0 Å². The third-order valence-corrected chi connectivity index (χ3v) is 4.80. The number of ether oxygens (including phenoxy) is 1. The third-order valence-electron chi connectivity index (χ3n) is 3.08. The van der Waals surface area contributed by atoms with E-state index < -0.39 is 28.0 Å². The summed E-state index contributed by atoms with van der Waals surface area (Å²) in [6.45, 7) is -0.00111. The Morgan fingerprint density at radius 3 is 2.41 bits per heavy atom. The topological polar surface area (TPSA) is 101 Å². The molecular weight excluding hydrogens is 250 g/mol. The van der Waals surface area contributed by atoms with E-state index >= 15 is 0 Å². The summed E-state index contributed by atoms with van der Waals surface area (Å²) in [4.78, 5) is 23.4. The summed E-state index contributed by atoms with van der Waals surface area (Å²) in [5.41, 5.74) is 0. The number of cyclic esters (lactones) is 1. The van der Waals surface area contributed by atoms with Crippen LogP contribution in [0, 0.1) is 0 Å². The van der Waals surface area contributed by atoms with Crippen molar-refractivity contribution in [3.05, 3.63) is 0 Å². The predicted molar refractivity (Wildman–Crippen MR) is 56.3 cm³/mol. The van der Waals surface area contributed by atoms with E-state index in [4.69, 9.17) is 5.11 Å². The number of carbonyl (C=O) groups excluding carboxylic acids is 1. The van der Waals surface area contributed by atoms with E-state index in [-0.39, 0.29) is 24.1 Å². The maximum Gasteiger partial charge on any atom is 0.411 e. The zero-order chi connectivity index (χ0) is 12.6. The highest BCUT2D eigenvalue weighted by Gasteiger charge is 2.41. The van der Waals surface area contributed by atoms with Gasteiger partial charge in [-0.05, 0) is 12.8 Å². The SMILES string of the molecule is O=C(O)[C@H]1CN(C2CCS(=O)(=O)CC2)C(=O)O1. The lowest BCUT2D eigenvalue weighted by molar-refractivity contribution is -0.144. The van der Waals surface area contributed by atoms with Crippen molar-refractivity contribution < 1.29 is 27.9 Å². The number of amides is 1. The monoisotopic (exact) mass is 263 g/mol. The zero-order valence-corrected chi connectivity index (χ0v) is 9.85. The van der Waals surface area contributed by atoms with Crippen molar-refractivity contribution in [2.45, 2.75) is 25.0 Å². The summed E-state index contributed by atoms with van der Waals surface area (Å²) < 4.78 is 27.2. The molecule has 0 radical (unpaired) electrons. The minimum absolute atomic E-state index is 0.00111. The Balaban J connectivity index is 2.00. The molecule has 96 valence electrons. The van der Waals surface area contributed by atoms with Gasteiger partial charge in [-0.15, -0.1) is 0 Å². The molecule has 7 nitrogen and oxygen atoms in total. The standard InChI is InChI=1S/C9H13NO6S/c11-8(12)7-5-10(9(13)16-7)6-1-3-17(14,15)4-2-6/h6-7H,1-5H2,(H,11,12)/t7-/m1/s1. The average molecular weight is 263 g/mol. The van der Waals surface area contributed by atoms with Crippen molar-refractivity contribution >= 4 is 21.9 Å². The van der Waals surface area contributed by atoms with Crippen molar-refractivity contribution in [1.82, 2.24) is 4.90 Å². The van der Waals surface area contributed by atoms with Gasteiger partial charge in [-0.2, -0.15) is 0 Å². The molecule has 1 amide bonds. The van der Waals surface area contributed by atoms with Gasteiger partial charge < -0.3 is 14.7 Å². The summed E-state index contributed by atoms with van der Waals surface area (Å²) in [5.74, 6) is -1.09. The molecule has 0 aliphatic carbocycles. The summed E-state index contributed by atoms with van der Waals surface area (Å²) >= 11 is 0. The number of hydrogen-bond donors (Lipinski definition) is 1. The van der Waals surface area contributed by atoms with Crippen LogP contribution in [0.1, 0.15) is 12.8 Å². The first-order chi connectivity index (χ1) is 7.89. The molecule has 8 heteroatoms. The Morgan fingerprint density at radius 2 is 1.94 bits per heavy atom. The first-order valence-corrected chi connectivity index (χ1v) is 7.12. The molecule has 0 spiro atoms. The fourth-order valence-corrected chi connectivity index (χ4v) is 3.56. The number of nitrogens with zero attached hydrogens (tertiary/aromatic N) is 1. The first-order valence-electron chi connectivity index (χ1n) is 5.29. The highest BCUT2D eigenvalue weighted by atomic mass is 32.2. The minimum atomic E-state index is -2.99. The number of carbonyl (C=O) groups is 2. The second-order valence-corrected chi connectivity index (χ2v) is 6.55. The molecule has 2 rings (SSSR count). The van der Waals surface area contributed by atoms with E-state index in [1.807, 2.05) is 0 Å². The van der Waals surface area contributed by atoms with Gasteiger partial charge in [0, 0.05) is 6.04 Å². The van der Waals surface area contributed by atoms with Crippen LogP contribution in [0.25, 0.3) is 0 Å². The van der Waals surface area contributed by atoms with Crippen LogP contribution in [-0.4, -0.2) is 60.7 Å². The van der Waals surface area contributed by atoms with Crippen LogP contribution < -0.4 is 0 Å².